The lowest BCUT2D eigenvalue weighted by Gasteiger charge is -2.24. The number of nitrogens with zero attached hydrogens (tertiary/aromatic N) is 1. The molecule has 3 nitrogen and oxygen atoms in total. The molecule has 1 amide bonds. The van der Waals surface area contributed by atoms with E-state index in [9.17, 15) is 4.79 Å². The smallest absolute Gasteiger partial charge is 0.254 e. The number of carbonyl (C=O) groups is 1. The van der Waals surface area contributed by atoms with Crippen LogP contribution in [0.25, 0.3) is 0 Å². The summed E-state index contributed by atoms with van der Waals surface area (Å²) >= 11 is 0. The van der Waals surface area contributed by atoms with Gasteiger partial charge in [0, 0.05) is 25.2 Å². The van der Waals surface area contributed by atoms with Crippen molar-refractivity contribution in [1.82, 2.24) is 10.2 Å². The molecule has 0 saturated carbocycles. The molecule has 3 heteroatoms. The summed E-state index contributed by atoms with van der Waals surface area (Å²) in [6, 6.07) is 6.34. The third-order valence-electron chi connectivity index (χ3n) is 3.51. The van der Waals surface area contributed by atoms with Gasteiger partial charge in [0.15, 0.2) is 0 Å². The van der Waals surface area contributed by atoms with Crippen molar-refractivity contribution in [3.63, 3.8) is 0 Å². The first-order valence-electron chi connectivity index (χ1n) is 6.14. The van der Waals surface area contributed by atoms with Crippen molar-refractivity contribution in [1.29, 1.82) is 0 Å². The van der Waals surface area contributed by atoms with E-state index in [1.54, 1.807) is 0 Å². The molecule has 17 heavy (non-hydrogen) atoms. The zero-order valence-electron chi connectivity index (χ0n) is 10.8. The van der Waals surface area contributed by atoms with E-state index in [4.69, 9.17) is 0 Å². The van der Waals surface area contributed by atoms with Crippen molar-refractivity contribution in [2.24, 2.45) is 0 Å². The van der Waals surface area contributed by atoms with Gasteiger partial charge in [0.2, 0.25) is 0 Å². The second-order valence-corrected chi connectivity index (χ2v) is 4.88. The Labute approximate surface area is 103 Å². The SMILES string of the molecule is Cc1ccc(C(=O)N(C)[C@H]2CCNC2)c(C)c1. The fourth-order valence-electron chi connectivity index (χ4n) is 2.38. The Morgan fingerprint density at radius 1 is 1.41 bits per heavy atom. The Balaban J connectivity index is 2.18. The number of carbonyl (C=O) groups excluding carboxylic acids is 1. The zero-order valence-corrected chi connectivity index (χ0v) is 10.8. The summed E-state index contributed by atoms with van der Waals surface area (Å²) in [5, 5.41) is 3.29. The van der Waals surface area contributed by atoms with Crippen LogP contribution in [0.1, 0.15) is 27.9 Å². The Kier molecular flexibility index (Phi) is 3.48. The lowest BCUT2D eigenvalue weighted by atomic mass is 10.0. The number of benzene rings is 1. The van der Waals surface area contributed by atoms with Crippen molar-refractivity contribution >= 4 is 5.91 Å². The van der Waals surface area contributed by atoms with E-state index in [1.807, 2.05) is 37.9 Å². The van der Waals surface area contributed by atoms with Gasteiger partial charge in [0.1, 0.15) is 0 Å². The highest BCUT2D eigenvalue weighted by Gasteiger charge is 2.24. The summed E-state index contributed by atoms with van der Waals surface area (Å²) in [4.78, 5) is 14.2. The molecule has 1 aromatic rings. The Hall–Kier alpha value is -1.35. The molecule has 0 unspecified atom stereocenters. The summed E-state index contributed by atoms with van der Waals surface area (Å²) in [7, 11) is 1.90. The molecule has 1 N–H and O–H groups in total. The molecule has 1 aromatic carbocycles. The molecule has 1 saturated heterocycles. The number of hydrogen-bond donors (Lipinski definition) is 1. The van der Waals surface area contributed by atoms with Crippen LogP contribution in [0.3, 0.4) is 0 Å². The number of aryl methyl sites for hydroxylation is 2. The Morgan fingerprint density at radius 3 is 2.76 bits per heavy atom. The highest BCUT2D eigenvalue weighted by Crippen LogP contribution is 2.15. The standard InChI is InChI=1S/C14H20N2O/c1-10-4-5-13(11(2)8-10)14(17)16(3)12-6-7-15-9-12/h4-5,8,12,15H,6-7,9H2,1-3H3/t12-/m0/s1. The Morgan fingerprint density at radius 2 is 2.18 bits per heavy atom. The fraction of sp³-hybridized carbons (Fsp3) is 0.500. The quantitative estimate of drug-likeness (QED) is 0.842. The van der Waals surface area contributed by atoms with Gasteiger partial charge in [0.25, 0.3) is 5.91 Å². The molecule has 0 aliphatic carbocycles. The van der Waals surface area contributed by atoms with Gasteiger partial charge < -0.3 is 10.2 Å². The number of amides is 1. The molecule has 0 spiro atoms. The first kappa shape index (κ1) is 12.1. The van der Waals surface area contributed by atoms with Crippen LogP contribution < -0.4 is 5.32 Å². The van der Waals surface area contributed by atoms with E-state index in [2.05, 4.69) is 11.4 Å². The molecule has 92 valence electrons. The minimum Gasteiger partial charge on any atom is -0.337 e. The van der Waals surface area contributed by atoms with E-state index in [1.165, 1.54) is 5.56 Å². The van der Waals surface area contributed by atoms with Crippen molar-refractivity contribution in [3.8, 4) is 0 Å². The van der Waals surface area contributed by atoms with Gasteiger partial charge in [0.05, 0.1) is 0 Å². The maximum absolute atomic E-state index is 12.4. The summed E-state index contributed by atoms with van der Waals surface area (Å²) in [5.74, 6) is 0.135. The maximum atomic E-state index is 12.4. The Bertz CT molecular complexity index is 422. The van der Waals surface area contributed by atoms with Crippen LogP contribution in [-0.2, 0) is 0 Å². The molecular formula is C14H20N2O. The highest BCUT2D eigenvalue weighted by molar-refractivity contribution is 5.95. The molecule has 0 bridgehead atoms. The minimum atomic E-state index is 0.135. The predicted octanol–water partition coefficient (Wildman–Crippen LogP) is 1.74. The molecule has 1 heterocycles. The molecule has 1 fully saturated rings. The third-order valence-corrected chi connectivity index (χ3v) is 3.51. The fourth-order valence-corrected chi connectivity index (χ4v) is 2.38. The summed E-state index contributed by atoms with van der Waals surface area (Å²) in [6.07, 6.45) is 1.05. The largest absolute Gasteiger partial charge is 0.337 e. The van der Waals surface area contributed by atoms with Crippen molar-refractivity contribution in [2.45, 2.75) is 26.3 Å². The topological polar surface area (TPSA) is 32.3 Å². The normalized spacial score (nSPS) is 19.4. The van der Waals surface area contributed by atoms with Gasteiger partial charge >= 0.3 is 0 Å². The molecule has 1 atom stereocenters. The first-order chi connectivity index (χ1) is 8.09. The van der Waals surface area contributed by atoms with E-state index >= 15 is 0 Å². The predicted molar refractivity (Wildman–Crippen MR) is 69.3 cm³/mol. The number of hydrogen-bond acceptors (Lipinski definition) is 2. The molecule has 1 aliphatic rings. The second-order valence-electron chi connectivity index (χ2n) is 4.88. The van der Waals surface area contributed by atoms with Crippen molar-refractivity contribution < 1.29 is 4.79 Å². The summed E-state index contributed by atoms with van der Waals surface area (Å²) in [6.45, 7) is 5.97. The average molecular weight is 232 g/mol. The van der Waals surface area contributed by atoms with Gasteiger partial charge in [-0.2, -0.15) is 0 Å². The second kappa shape index (κ2) is 4.88. The monoisotopic (exact) mass is 232 g/mol. The molecular weight excluding hydrogens is 212 g/mol. The third kappa shape index (κ3) is 2.50. The van der Waals surface area contributed by atoms with E-state index in [0.717, 1.165) is 30.6 Å². The van der Waals surface area contributed by atoms with Crippen LogP contribution in [0.4, 0.5) is 0 Å². The van der Waals surface area contributed by atoms with Crippen LogP contribution in [0.2, 0.25) is 0 Å². The molecule has 0 radical (unpaired) electrons. The minimum absolute atomic E-state index is 0.135. The van der Waals surface area contributed by atoms with Crippen LogP contribution in [0.5, 0.6) is 0 Å². The van der Waals surface area contributed by atoms with Crippen LogP contribution in [-0.4, -0.2) is 37.0 Å². The summed E-state index contributed by atoms with van der Waals surface area (Å²) in [5.41, 5.74) is 3.09. The number of nitrogens with one attached hydrogen (secondary N) is 1. The lowest BCUT2D eigenvalue weighted by Crippen LogP contribution is -2.38. The van der Waals surface area contributed by atoms with Gasteiger partial charge in [-0.1, -0.05) is 17.7 Å². The van der Waals surface area contributed by atoms with E-state index in [-0.39, 0.29) is 5.91 Å². The highest BCUT2D eigenvalue weighted by atomic mass is 16.2. The van der Waals surface area contributed by atoms with Gasteiger partial charge in [-0.15, -0.1) is 0 Å². The van der Waals surface area contributed by atoms with Crippen LogP contribution in [0, 0.1) is 13.8 Å². The first-order valence-corrected chi connectivity index (χ1v) is 6.14. The van der Waals surface area contributed by atoms with E-state index in [0.29, 0.717) is 6.04 Å². The maximum Gasteiger partial charge on any atom is 0.254 e. The zero-order chi connectivity index (χ0) is 12.4. The van der Waals surface area contributed by atoms with Gasteiger partial charge in [-0.05, 0) is 38.4 Å². The van der Waals surface area contributed by atoms with Crippen molar-refractivity contribution in [3.05, 3.63) is 34.9 Å². The number of likely N-dealkylation sites (N-methyl/N-ethyl adjacent to an activating group) is 1. The van der Waals surface area contributed by atoms with Crippen molar-refractivity contribution in [2.75, 3.05) is 20.1 Å². The number of rotatable bonds is 2. The molecule has 1 aliphatic heterocycles. The average Bonchev–Trinajstić information content (AvgIpc) is 2.80. The lowest BCUT2D eigenvalue weighted by molar-refractivity contribution is 0.0743. The molecule has 0 aromatic heterocycles. The van der Waals surface area contributed by atoms with Crippen LogP contribution in [0.15, 0.2) is 18.2 Å². The van der Waals surface area contributed by atoms with Gasteiger partial charge in [-0.3, -0.25) is 4.79 Å². The molecule has 2 rings (SSSR count). The summed E-state index contributed by atoms with van der Waals surface area (Å²) < 4.78 is 0. The van der Waals surface area contributed by atoms with E-state index < -0.39 is 0 Å². The van der Waals surface area contributed by atoms with Crippen LogP contribution >= 0.6 is 0 Å². The van der Waals surface area contributed by atoms with Gasteiger partial charge in [-0.25, -0.2) is 0 Å².